The van der Waals surface area contributed by atoms with Crippen molar-refractivity contribution in [2.24, 2.45) is 0 Å². The minimum atomic E-state index is -3.66. The molecule has 2 aromatic carbocycles. The van der Waals surface area contributed by atoms with Crippen molar-refractivity contribution in [3.8, 4) is 5.75 Å². The third kappa shape index (κ3) is 4.82. The quantitative estimate of drug-likeness (QED) is 0.675. The molecule has 162 valence electrons. The molecule has 0 saturated carbocycles. The zero-order chi connectivity index (χ0) is 21.9. The van der Waals surface area contributed by atoms with E-state index >= 15 is 0 Å². The fourth-order valence-corrected chi connectivity index (χ4v) is 5.01. The average molecular weight is 452 g/mol. The summed E-state index contributed by atoms with van der Waals surface area (Å²) in [5.41, 5.74) is 1.40. The Labute approximate surface area is 182 Å². The summed E-state index contributed by atoms with van der Waals surface area (Å²) in [4.78, 5) is 17.0. The van der Waals surface area contributed by atoms with Gasteiger partial charge in [0.2, 0.25) is 15.9 Å². The van der Waals surface area contributed by atoms with Gasteiger partial charge in [0.05, 0.1) is 24.7 Å². The maximum atomic E-state index is 13.1. The van der Waals surface area contributed by atoms with E-state index in [0.717, 1.165) is 22.0 Å². The maximum absolute atomic E-state index is 13.1. The molecule has 1 aliphatic heterocycles. The van der Waals surface area contributed by atoms with Gasteiger partial charge in [0.1, 0.15) is 11.8 Å². The number of para-hydroxylation sites is 2. The average Bonchev–Trinajstić information content (AvgIpc) is 2.74. The zero-order valence-electron chi connectivity index (χ0n) is 17.3. The predicted molar refractivity (Wildman–Crippen MR) is 120 cm³/mol. The van der Waals surface area contributed by atoms with Gasteiger partial charge < -0.3 is 14.5 Å². The molecule has 1 saturated heterocycles. The van der Waals surface area contributed by atoms with Crippen LogP contribution in [0, 0.1) is 0 Å². The van der Waals surface area contributed by atoms with E-state index in [4.69, 9.17) is 16.3 Å². The number of methoxy groups -OCH3 is 1. The Balaban J connectivity index is 1.73. The molecule has 1 fully saturated rings. The highest BCUT2D eigenvalue weighted by Gasteiger charge is 2.33. The summed E-state index contributed by atoms with van der Waals surface area (Å²) in [5, 5.41) is 0.499. The van der Waals surface area contributed by atoms with E-state index in [9.17, 15) is 13.2 Å². The predicted octanol–water partition coefficient (Wildman–Crippen LogP) is 2.85. The molecule has 30 heavy (non-hydrogen) atoms. The Hall–Kier alpha value is -2.45. The molecule has 0 N–H and O–H groups in total. The van der Waals surface area contributed by atoms with Gasteiger partial charge in [-0.05, 0) is 43.3 Å². The van der Waals surface area contributed by atoms with Crippen LogP contribution in [0.25, 0.3) is 0 Å². The van der Waals surface area contributed by atoms with Gasteiger partial charge in [-0.15, -0.1) is 0 Å². The maximum Gasteiger partial charge on any atom is 0.246 e. The van der Waals surface area contributed by atoms with Gasteiger partial charge in [-0.2, -0.15) is 0 Å². The third-order valence-corrected chi connectivity index (χ3v) is 6.66. The number of carbonyl (C=O) groups is 1. The number of hydrogen-bond donors (Lipinski definition) is 0. The molecule has 1 unspecified atom stereocenters. The minimum absolute atomic E-state index is 0.227. The highest BCUT2D eigenvalue weighted by Crippen LogP contribution is 2.29. The fraction of sp³-hybridized carbons (Fsp3) is 0.381. The molecule has 0 radical (unpaired) electrons. The normalized spacial score (nSPS) is 15.6. The minimum Gasteiger partial charge on any atom is -0.495 e. The fourth-order valence-electron chi connectivity index (χ4n) is 3.71. The van der Waals surface area contributed by atoms with Crippen molar-refractivity contribution in [2.75, 3.05) is 48.7 Å². The van der Waals surface area contributed by atoms with Gasteiger partial charge in [0, 0.05) is 31.2 Å². The second-order valence-corrected chi connectivity index (χ2v) is 9.49. The van der Waals surface area contributed by atoms with Crippen LogP contribution in [-0.4, -0.2) is 64.8 Å². The van der Waals surface area contributed by atoms with Crippen LogP contribution in [0.1, 0.15) is 6.92 Å². The second kappa shape index (κ2) is 9.14. The Bertz CT molecular complexity index is 990. The first-order valence-corrected chi connectivity index (χ1v) is 11.9. The Morgan fingerprint density at radius 1 is 1.07 bits per heavy atom. The molecule has 3 rings (SSSR count). The van der Waals surface area contributed by atoms with Crippen molar-refractivity contribution in [1.82, 2.24) is 4.90 Å². The summed E-state index contributed by atoms with van der Waals surface area (Å²) >= 11 is 5.92. The molecule has 1 aliphatic rings. The van der Waals surface area contributed by atoms with Gasteiger partial charge in [-0.25, -0.2) is 8.42 Å². The van der Waals surface area contributed by atoms with Crippen LogP contribution in [0.5, 0.6) is 5.75 Å². The number of piperazine rings is 1. The number of halogens is 1. The first-order chi connectivity index (χ1) is 14.2. The largest absolute Gasteiger partial charge is 0.495 e. The Morgan fingerprint density at radius 2 is 1.67 bits per heavy atom. The first kappa shape index (κ1) is 22.2. The van der Waals surface area contributed by atoms with Crippen LogP contribution in [0.2, 0.25) is 5.02 Å². The van der Waals surface area contributed by atoms with E-state index in [0.29, 0.717) is 36.9 Å². The number of carbonyl (C=O) groups excluding carboxylic acids is 1. The van der Waals surface area contributed by atoms with Crippen LogP contribution < -0.4 is 13.9 Å². The second-order valence-electron chi connectivity index (χ2n) is 7.20. The monoisotopic (exact) mass is 451 g/mol. The molecule has 1 atom stereocenters. The van der Waals surface area contributed by atoms with Crippen LogP contribution in [0.15, 0.2) is 48.5 Å². The van der Waals surface area contributed by atoms with Crippen LogP contribution in [0.3, 0.4) is 0 Å². The summed E-state index contributed by atoms with van der Waals surface area (Å²) in [6.45, 7) is 3.89. The number of ether oxygens (including phenoxy) is 1. The molecule has 0 aromatic heterocycles. The van der Waals surface area contributed by atoms with Crippen molar-refractivity contribution in [3.63, 3.8) is 0 Å². The van der Waals surface area contributed by atoms with Crippen LogP contribution in [0.4, 0.5) is 11.4 Å². The summed E-state index contributed by atoms with van der Waals surface area (Å²) < 4.78 is 31.5. The van der Waals surface area contributed by atoms with Crippen molar-refractivity contribution in [2.45, 2.75) is 13.0 Å². The first-order valence-electron chi connectivity index (χ1n) is 9.64. The molecule has 2 aromatic rings. The molecule has 0 bridgehead atoms. The number of benzene rings is 2. The van der Waals surface area contributed by atoms with Crippen molar-refractivity contribution >= 4 is 38.9 Å². The summed E-state index contributed by atoms with van der Waals surface area (Å²) in [7, 11) is -2.02. The lowest BCUT2D eigenvalue weighted by Gasteiger charge is -2.39. The number of sulfonamides is 1. The lowest BCUT2D eigenvalue weighted by atomic mass is 10.2. The molecule has 1 heterocycles. The van der Waals surface area contributed by atoms with E-state index in [1.54, 1.807) is 43.2 Å². The molecule has 1 amide bonds. The van der Waals surface area contributed by atoms with Gasteiger partial charge in [-0.1, -0.05) is 23.7 Å². The smallest absolute Gasteiger partial charge is 0.246 e. The number of nitrogens with zero attached hydrogens (tertiary/aromatic N) is 3. The van der Waals surface area contributed by atoms with E-state index in [2.05, 4.69) is 4.90 Å². The highest BCUT2D eigenvalue weighted by molar-refractivity contribution is 7.92. The topological polar surface area (TPSA) is 70.2 Å². The lowest BCUT2D eigenvalue weighted by molar-refractivity contribution is -0.132. The van der Waals surface area contributed by atoms with E-state index in [1.807, 2.05) is 24.3 Å². The molecule has 0 spiro atoms. The Morgan fingerprint density at radius 3 is 2.23 bits per heavy atom. The number of hydrogen-bond acceptors (Lipinski definition) is 5. The molecular weight excluding hydrogens is 426 g/mol. The lowest BCUT2D eigenvalue weighted by Crippen LogP contribution is -2.55. The number of rotatable bonds is 6. The van der Waals surface area contributed by atoms with Gasteiger partial charge in [0.25, 0.3) is 0 Å². The SMILES string of the molecule is COc1ccccc1N1CCN(C(=O)C(C)N(c2ccc(Cl)cc2)S(C)(=O)=O)CC1. The molecule has 9 heteroatoms. The molecule has 0 aliphatic carbocycles. The van der Waals surface area contributed by atoms with Gasteiger partial charge >= 0.3 is 0 Å². The van der Waals surface area contributed by atoms with Crippen LogP contribution >= 0.6 is 11.6 Å². The van der Waals surface area contributed by atoms with E-state index < -0.39 is 16.1 Å². The number of anilines is 2. The summed E-state index contributed by atoms with van der Waals surface area (Å²) in [6.07, 6.45) is 1.10. The van der Waals surface area contributed by atoms with Crippen molar-refractivity contribution in [1.29, 1.82) is 0 Å². The third-order valence-electron chi connectivity index (χ3n) is 5.16. The van der Waals surface area contributed by atoms with Crippen LogP contribution in [-0.2, 0) is 14.8 Å². The highest BCUT2D eigenvalue weighted by atomic mass is 35.5. The van der Waals surface area contributed by atoms with E-state index in [1.165, 1.54) is 0 Å². The van der Waals surface area contributed by atoms with Gasteiger partial charge in [-0.3, -0.25) is 9.10 Å². The molecule has 7 nitrogen and oxygen atoms in total. The number of amides is 1. The van der Waals surface area contributed by atoms with Crippen molar-refractivity contribution < 1.29 is 17.9 Å². The van der Waals surface area contributed by atoms with Crippen molar-refractivity contribution in [3.05, 3.63) is 53.6 Å². The summed E-state index contributed by atoms with van der Waals surface area (Å²) in [6, 6.07) is 13.3. The molecular formula is C21H26ClN3O4S. The van der Waals surface area contributed by atoms with Gasteiger partial charge in [0.15, 0.2) is 0 Å². The Kier molecular flexibility index (Phi) is 6.77. The summed E-state index contributed by atoms with van der Waals surface area (Å²) in [5.74, 6) is 0.562. The standard InChI is InChI=1S/C21H26ClN3O4S/c1-16(25(30(3,27)28)18-10-8-17(22)9-11-18)21(26)24-14-12-23(13-15-24)19-6-4-5-7-20(19)29-2/h4-11,16H,12-15H2,1-3H3. The zero-order valence-corrected chi connectivity index (χ0v) is 18.9. The van der Waals surface area contributed by atoms with E-state index in [-0.39, 0.29) is 5.91 Å².